The molecule has 2 nitrogen and oxygen atoms in total. The number of rotatable bonds is 4. The minimum absolute atomic E-state index is 0.171. The fraction of sp³-hybridized carbons (Fsp3) is 0.600. The van der Waals surface area contributed by atoms with Crippen molar-refractivity contribution in [3.8, 4) is 0 Å². The third-order valence-corrected chi connectivity index (χ3v) is 4.88. The van der Waals surface area contributed by atoms with Crippen LogP contribution in [0.3, 0.4) is 0 Å². The van der Waals surface area contributed by atoms with Crippen molar-refractivity contribution in [2.24, 2.45) is 5.73 Å². The Morgan fingerprint density at radius 2 is 2.00 bits per heavy atom. The highest BCUT2D eigenvalue weighted by Gasteiger charge is 2.23. The third kappa shape index (κ3) is 3.11. The monoisotopic (exact) mass is 328 g/mol. The molecule has 0 aromatic heterocycles. The molecule has 0 saturated heterocycles. The van der Waals surface area contributed by atoms with Crippen molar-refractivity contribution in [2.45, 2.75) is 51.6 Å². The van der Waals surface area contributed by atoms with Crippen LogP contribution in [-0.2, 0) is 6.54 Å². The smallest absolute Gasteiger partial charge is 0.160 e. The summed E-state index contributed by atoms with van der Waals surface area (Å²) in [5.41, 5.74) is 7.14. The molecular formula is C15H22BrFN2. The number of nitrogens with two attached hydrogens (primary N) is 1. The summed E-state index contributed by atoms with van der Waals surface area (Å²) in [5, 5.41) is 0. The lowest BCUT2D eigenvalue weighted by Crippen LogP contribution is -2.37. The Labute approximate surface area is 123 Å². The van der Waals surface area contributed by atoms with E-state index >= 15 is 0 Å². The van der Waals surface area contributed by atoms with Gasteiger partial charge in [0.15, 0.2) is 5.82 Å². The van der Waals surface area contributed by atoms with E-state index in [1.807, 2.05) is 12.1 Å². The second-order valence-corrected chi connectivity index (χ2v) is 5.95. The summed E-state index contributed by atoms with van der Waals surface area (Å²) >= 11 is 3.33. The van der Waals surface area contributed by atoms with E-state index in [1.165, 1.54) is 32.1 Å². The summed E-state index contributed by atoms with van der Waals surface area (Å²) in [6.45, 7) is 3.29. The van der Waals surface area contributed by atoms with Crippen LogP contribution >= 0.6 is 15.9 Å². The molecule has 0 unspecified atom stereocenters. The molecule has 1 fully saturated rings. The normalized spacial score (nSPS) is 16.6. The minimum Gasteiger partial charge on any atom is -0.366 e. The van der Waals surface area contributed by atoms with Crippen LogP contribution in [0.25, 0.3) is 0 Å². The first-order valence-corrected chi connectivity index (χ1v) is 7.92. The number of benzene rings is 1. The minimum atomic E-state index is -0.171. The Hall–Kier alpha value is -0.610. The summed E-state index contributed by atoms with van der Waals surface area (Å²) in [6.07, 6.45) is 6.16. The van der Waals surface area contributed by atoms with Gasteiger partial charge in [-0.3, -0.25) is 0 Å². The van der Waals surface area contributed by atoms with Crippen molar-refractivity contribution < 1.29 is 4.39 Å². The number of anilines is 1. The van der Waals surface area contributed by atoms with Crippen molar-refractivity contribution in [1.29, 1.82) is 0 Å². The van der Waals surface area contributed by atoms with Gasteiger partial charge in [-0.25, -0.2) is 4.39 Å². The van der Waals surface area contributed by atoms with E-state index in [2.05, 4.69) is 27.8 Å². The summed E-state index contributed by atoms with van der Waals surface area (Å²) in [7, 11) is 0. The van der Waals surface area contributed by atoms with Crippen molar-refractivity contribution in [3.63, 3.8) is 0 Å². The molecular weight excluding hydrogens is 307 g/mol. The first-order chi connectivity index (χ1) is 9.19. The fourth-order valence-corrected chi connectivity index (χ4v) is 3.47. The summed E-state index contributed by atoms with van der Waals surface area (Å²) in [6, 6.07) is 4.28. The van der Waals surface area contributed by atoms with Gasteiger partial charge in [0.05, 0.1) is 10.2 Å². The molecule has 0 spiro atoms. The molecule has 1 aliphatic carbocycles. The third-order valence-electron chi connectivity index (χ3n) is 4.03. The Balaban J connectivity index is 2.30. The molecule has 0 radical (unpaired) electrons. The molecule has 1 aromatic carbocycles. The van der Waals surface area contributed by atoms with Crippen LogP contribution < -0.4 is 10.6 Å². The molecule has 0 aliphatic heterocycles. The highest BCUT2D eigenvalue weighted by molar-refractivity contribution is 9.10. The van der Waals surface area contributed by atoms with E-state index < -0.39 is 0 Å². The number of halogens is 2. The highest BCUT2D eigenvalue weighted by atomic mass is 79.9. The number of hydrogen-bond donors (Lipinski definition) is 1. The lowest BCUT2D eigenvalue weighted by Gasteiger charge is -2.35. The van der Waals surface area contributed by atoms with Gasteiger partial charge in [-0.15, -0.1) is 0 Å². The zero-order valence-electron chi connectivity index (χ0n) is 11.5. The van der Waals surface area contributed by atoms with Gasteiger partial charge in [0, 0.05) is 19.1 Å². The average molecular weight is 329 g/mol. The van der Waals surface area contributed by atoms with Crippen LogP contribution in [0.5, 0.6) is 0 Å². The van der Waals surface area contributed by atoms with Gasteiger partial charge in [0.25, 0.3) is 0 Å². The van der Waals surface area contributed by atoms with E-state index in [0.717, 1.165) is 12.1 Å². The van der Waals surface area contributed by atoms with Crippen LogP contribution in [0.1, 0.15) is 44.6 Å². The lowest BCUT2D eigenvalue weighted by molar-refractivity contribution is 0.414. The molecule has 0 amide bonds. The largest absolute Gasteiger partial charge is 0.366 e. The molecule has 1 aliphatic rings. The Morgan fingerprint density at radius 3 is 2.58 bits per heavy atom. The van der Waals surface area contributed by atoms with E-state index in [-0.39, 0.29) is 5.82 Å². The molecule has 1 aromatic rings. The maximum absolute atomic E-state index is 14.5. The topological polar surface area (TPSA) is 29.3 Å². The summed E-state index contributed by atoms with van der Waals surface area (Å²) in [4.78, 5) is 2.21. The maximum Gasteiger partial charge on any atom is 0.160 e. The van der Waals surface area contributed by atoms with Crippen LogP contribution in [0.15, 0.2) is 16.6 Å². The standard InChI is InChI=1S/C15H22BrFN2/c1-2-19(12-6-4-3-5-7-12)13-9-8-11(10-18)14(16)15(13)17/h8-9,12H,2-7,10,18H2,1H3. The SMILES string of the molecule is CCN(c1ccc(CN)c(Br)c1F)C1CCCCC1. The zero-order chi connectivity index (χ0) is 13.8. The van der Waals surface area contributed by atoms with E-state index in [4.69, 9.17) is 5.73 Å². The van der Waals surface area contributed by atoms with Gasteiger partial charge >= 0.3 is 0 Å². The second kappa shape index (κ2) is 6.71. The Morgan fingerprint density at radius 1 is 1.32 bits per heavy atom. The summed E-state index contributed by atoms with van der Waals surface area (Å²) in [5.74, 6) is -0.171. The van der Waals surface area contributed by atoms with Crippen molar-refractivity contribution in [3.05, 3.63) is 28.0 Å². The predicted molar refractivity (Wildman–Crippen MR) is 81.9 cm³/mol. The average Bonchev–Trinajstić information content (AvgIpc) is 2.45. The van der Waals surface area contributed by atoms with E-state index in [9.17, 15) is 4.39 Å². The number of nitrogens with zero attached hydrogens (tertiary/aromatic N) is 1. The molecule has 2 N–H and O–H groups in total. The quantitative estimate of drug-likeness (QED) is 0.897. The molecule has 0 heterocycles. The van der Waals surface area contributed by atoms with Crippen molar-refractivity contribution >= 4 is 21.6 Å². The van der Waals surface area contributed by atoms with Gasteiger partial charge < -0.3 is 10.6 Å². The molecule has 4 heteroatoms. The molecule has 2 rings (SSSR count). The van der Waals surface area contributed by atoms with Gasteiger partial charge in [0.2, 0.25) is 0 Å². The first kappa shape index (κ1) is 14.8. The molecule has 106 valence electrons. The van der Waals surface area contributed by atoms with Crippen LogP contribution in [0, 0.1) is 5.82 Å². The second-order valence-electron chi connectivity index (χ2n) is 5.15. The number of hydrogen-bond acceptors (Lipinski definition) is 2. The van der Waals surface area contributed by atoms with E-state index in [0.29, 0.717) is 22.7 Å². The zero-order valence-corrected chi connectivity index (χ0v) is 13.0. The molecule has 1 saturated carbocycles. The summed E-state index contributed by atoms with van der Waals surface area (Å²) < 4.78 is 15.0. The van der Waals surface area contributed by atoms with Gasteiger partial charge in [-0.05, 0) is 47.3 Å². The predicted octanol–water partition coefficient (Wildman–Crippen LogP) is 4.21. The lowest BCUT2D eigenvalue weighted by atomic mass is 9.93. The molecule has 19 heavy (non-hydrogen) atoms. The maximum atomic E-state index is 14.5. The van der Waals surface area contributed by atoms with Gasteiger partial charge in [-0.1, -0.05) is 25.3 Å². The van der Waals surface area contributed by atoms with Crippen LogP contribution in [0.4, 0.5) is 10.1 Å². The highest BCUT2D eigenvalue weighted by Crippen LogP contribution is 2.33. The Kier molecular flexibility index (Phi) is 5.22. The fourth-order valence-electron chi connectivity index (χ4n) is 2.98. The van der Waals surface area contributed by atoms with Gasteiger partial charge in [0.1, 0.15) is 0 Å². The Bertz CT molecular complexity index is 430. The first-order valence-electron chi connectivity index (χ1n) is 7.12. The van der Waals surface area contributed by atoms with E-state index in [1.54, 1.807) is 0 Å². The molecule has 0 bridgehead atoms. The van der Waals surface area contributed by atoms with Crippen molar-refractivity contribution in [1.82, 2.24) is 0 Å². The van der Waals surface area contributed by atoms with Crippen molar-refractivity contribution in [2.75, 3.05) is 11.4 Å². The van der Waals surface area contributed by atoms with Gasteiger partial charge in [-0.2, -0.15) is 0 Å². The molecule has 0 atom stereocenters. The van der Waals surface area contributed by atoms with Crippen LogP contribution in [0.2, 0.25) is 0 Å². The van der Waals surface area contributed by atoms with Crippen LogP contribution in [-0.4, -0.2) is 12.6 Å².